The van der Waals surface area contributed by atoms with E-state index in [1.807, 2.05) is 13.0 Å². The van der Waals surface area contributed by atoms with Crippen molar-refractivity contribution in [2.45, 2.75) is 80.8 Å². The van der Waals surface area contributed by atoms with Crippen LogP contribution in [0.25, 0.3) is 6.08 Å². The lowest BCUT2D eigenvalue weighted by molar-refractivity contribution is -0.201. The Morgan fingerprint density at radius 1 is 1.20 bits per heavy atom. The zero-order chi connectivity index (χ0) is 28.7. The van der Waals surface area contributed by atoms with Crippen LogP contribution in [0.15, 0.2) is 42.5 Å². The van der Waals surface area contributed by atoms with Gasteiger partial charge >= 0.3 is 6.18 Å². The highest BCUT2D eigenvalue weighted by Crippen LogP contribution is 2.66. The van der Waals surface area contributed by atoms with Gasteiger partial charge in [0.2, 0.25) is 5.91 Å². The molecule has 2 saturated carbocycles. The number of aromatic hydroxyl groups is 1. The van der Waals surface area contributed by atoms with Crippen LogP contribution in [-0.4, -0.2) is 69.3 Å². The molecule has 1 spiro atoms. The summed E-state index contributed by atoms with van der Waals surface area (Å²) >= 11 is 0. The van der Waals surface area contributed by atoms with E-state index in [0.29, 0.717) is 43.9 Å². The van der Waals surface area contributed by atoms with Gasteiger partial charge in [0.1, 0.15) is 6.10 Å². The maximum absolute atomic E-state index is 13.6. The second-order valence-corrected chi connectivity index (χ2v) is 12.5. The number of aliphatic hydroxyl groups is 1. The zero-order valence-corrected chi connectivity index (χ0v) is 23.0. The van der Waals surface area contributed by atoms with Crippen molar-refractivity contribution >= 4 is 12.0 Å². The second kappa shape index (κ2) is 9.23. The van der Waals surface area contributed by atoms with E-state index in [4.69, 9.17) is 4.74 Å². The van der Waals surface area contributed by atoms with Crippen molar-refractivity contribution in [2.24, 2.45) is 5.92 Å². The maximum atomic E-state index is 13.6. The van der Waals surface area contributed by atoms with E-state index in [-0.39, 0.29) is 29.3 Å². The molecule has 1 saturated heterocycles. The van der Waals surface area contributed by atoms with Crippen molar-refractivity contribution in [1.82, 2.24) is 9.80 Å². The monoisotopic (exact) mass is 568 g/mol. The minimum absolute atomic E-state index is 0.0475. The zero-order valence-electron chi connectivity index (χ0n) is 23.0. The number of likely N-dealkylation sites (tertiary alicyclic amines) is 1. The summed E-state index contributed by atoms with van der Waals surface area (Å²) in [5.74, 6) is 0.841. The van der Waals surface area contributed by atoms with Gasteiger partial charge in [-0.25, -0.2) is 0 Å². The molecule has 7 rings (SSSR count). The Balaban J connectivity index is 1.23. The molecule has 41 heavy (non-hydrogen) atoms. The molecule has 5 atom stereocenters. The molecule has 2 aromatic rings. The van der Waals surface area contributed by atoms with Gasteiger partial charge in [-0.1, -0.05) is 18.2 Å². The first-order chi connectivity index (χ1) is 19.6. The summed E-state index contributed by atoms with van der Waals surface area (Å²) in [7, 11) is 0. The molecule has 3 fully saturated rings. The van der Waals surface area contributed by atoms with Gasteiger partial charge in [-0.3, -0.25) is 9.69 Å². The van der Waals surface area contributed by atoms with E-state index in [1.54, 1.807) is 11.0 Å². The van der Waals surface area contributed by atoms with E-state index in [0.717, 1.165) is 36.3 Å². The third-order valence-corrected chi connectivity index (χ3v) is 10.4. The molecule has 0 aromatic heterocycles. The van der Waals surface area contributed by atoms with Gasteiger partial charge in [0, 0.05) is 30.8 Å². The molecule has 0 radical (unpaired) electrons. The van der Waals surface area contributed by atoms with Gasteiger partial charge < -0.3 is 19.8 Å². The molecule has 2 aromatic carbocycles. The van der Waals surface area contributed by atoms with Crippen LogP contribution in [0.4, 0.5) is 13.2 Å². The van der Waals surface area contributed by atoms with Crippen molar-refractivity contribution in [3.63, 3.8) is 0 Å². The summed E-state index contributed by atoms with van der Waals surface area (Å²) in [5, 5.41) is 23.5. The average Bonchev–Trinajstić information content (AvgIpc) is 3.68. The van der Waals surface area contributed by atoms with Crippen molar-refractivity contribution in [1.29, 1.82) is 0 Å². The maximum Gasteiger partial charge on any atom is 0.416 e. The lowest BCUT2D eigenvalue weighted by Gasteiger charge is -2.64. The summed E-state index contributed by atoms with van der Waals surface area (Å²) in [4.78, 5) is 17.8. The number of likely N-dealkylation sites (N-methyl/N-ethyl adjacent to an activating group) is 1. The fourth-order valence-electron chi connectivity index (χ4n) is 8.41. The number of piperidine rings is 1. The number of phenols is 1. The van der Waals surface area contributed by atoms with Crippen LogP contribution in [0, 0.1) is 5.92 Å². The second-order valence-electron chi connectivity index (χ2n) is 12.5. The van der Waals surface area contributed by atoms with Crippen LogP contribution in [0.1, 0.15) is 61.3 Å². The molecule has 2 heterocycles. The minimum atomic E-state index is -4.47. The molecule has 2 N–H and O–H groups in total. The SMILES string of the molecule is CCN(C(=O)C=Cc1cccc(C(F)(F)F)c1)[C@H]1CC[C@@]2(O)[C@H]3Cc4ccc(O)c5c4[C@@]2(CCN3CC2CC2)[C@H]1O5. The normalized spacial score (nSPS) is 32.1. The molecule has 3 aliphatic carbocycles. The van der Waals surface area contributed by atoms with Crippen molar-refractivity contribution in [2.75, 3.05) is 19.6 Å². The lowest BCUT2D eigenvalue weighted by Crippen LogP contribution is -2.78. The summed E-state index contributed by atoms with van der Waals surface area (Å²) in [6.45, 7) is 4.05. The highest BCUT2D eigenvalue weighted by molar-refractivity contribution is 5.92. The Kier molecular flexibility index (Phi) is 6.04. The number of nitrogens with zero attached hydrogens (tertiary/aromatic N) is 2. The number of hydrogen-bond acceptors (Lipinski definition) is 5. The predicted molar refractivity (Wildman–Crippen MR) is 146 cm³/mol. The van der Waals surface area contributed by atoms with Gasteiger partial charge in [-0.15, -0.1) is 0 Å². The molecule has 1 amide bonds. The predicted octanol–water partition coefficient (Wildman–Crippen LogP) is 4.91. The fourth-order valence-corrected chi connectivity index (χ4v) is 8.41. The number of carbonyl (C=O) groups excluding carboxylic acids is 1. The van der Waals surface area contributed by atoms with Gasteiger partial charge in [-0.2, -0.15) is 13.2 Å². The third kappa shape index (κ3) is 3.95. The Morgan fingerprint density at radius 3 is 2.73 bits per heavy atom. The standard InChI is InChI=1S/C32H35F3N2O4/c1-2-37(26(39)11-8-19-4-3-5-22(16-19)32(33,34)35)23-12-13-31(40)25-17-21-9-10-24(38)28-27(21)30(31,29(23)41-28)14-15-36(25)18-20-6-7-20/h3-5,8-11,16,20,23,25,29,38,40H,2,6-7,12-15,17-18H2,1H3/t23-,25+,29-,30-,31+/m0/s1. The number of ether oxygens (including phenoxy) is 1. The van der Waals surface area contributed by atoms with Gasteiger partial charge in [0.05, 0.1) is 22.6 Å². The van der Waals surface area contributed by atoms with Crippen molar-refractivity contribution in [3.05, 3.63) is 64.7 Å². The van der Waals surface area contributed by atoms with Gasteiger partial charge in [0.25, 0.3) is 0 Å². The molecule has 2 aliphatic heterocycles. The molecule has 9 heteroatoms. The van der Waals surface area contributed by atoms with Crippen LogP contribution in [-0.2, 0) is 22.8 Å². The van der Waals surface area contributed by atoms with Crippen LogP contribution in [0.3, 0.4) is 0 Å². The van der Waals surface area contributed by atoms with E-state index < -0.39 is 28.9 Å². The summed E-state index contributed by atoms with van der Waals surface area (Å²) in [5.41, 5.74) is -0.282. The number of benzene rings is 2. The number of alkyl halides is 3. The smallest absolute Gasteiger partial charge is 0.416 e. The van der Waals surface area contributed by atoms with Crippen LogP contribution in [0.5, 0.6) is 11.5 Å². The van der Waals surface area contributed by atoms with Crippen molar-refractivity contribution in [3.8, 4) is 11.5 Å². The molecule has 5 aliphatic rings. The first-order valence-electron chi connectivity index (χ1n) is 14.7. The van der Waals surface area contributed by atoms with E-state index >= 15 is 0 Å². The molecular formula is C32H35F3N2O4. The number of rotatable bonds is 6. The topological polar surface area (TPSA) is 73.2 Å². The fraction of sp³-hybridized carbons (Fsp3) is 0.531. The highest BCUT2D eigenvalue weighted by atomic mass is 19.4. The van der Waals surface area contributed by atoms with Crippen LogP contribution in [0.2, 0.25) is 0 Å². The number of hydrogen-bond donors (Lipinski definition) is 2. The summed E-state index contributed by atoms with van der Waals surface area (Å²) in [6.07, 6.45) is 2.59. The van der Waals surface area contributed by atoms with Crippen LogP contribution < -0.4 is 4.74 Å². The highest BCUT2D eigenvalue weighted by Gasteiger charge is 2.73. The molecule has 0 unspecified atom stereocenters. The summed E-state index contributed by atoms with van der Waals surface area (Å²) in [6, 6.07) is 8.10. The lowest BCUT2D eigenvalue weighted by atomic mass is 9.48. The minimum Gasteiger partial charge on any atom is -0.504 e. The Hall–Kier alpha value is -3.04. The molecule has 2 bridgehead atoms. The number of carbonyl (C=O) groups is 1. The first-order valence-corrected chi connectivity index (χ1v) is 14.7. The average molecular weight is 569 g/mol. The largest absolute Gasteiger partial charge is 0.504 e. The number of halogens is 3. The van der Waals surface area contributed by atoms with E-state index in [9.17, 15) is 28.2 Å². The number of phenolic OH excluding ortho intramolecular Hbond substituents is 1. The van der Waals surface area contributed by atoms with E-state index in [1.165, 1.54) is 37.1 Å². The summed E-state index contributed by atoms with van der Waals surface area (Å²) < 4.78 is 46.2. The molecule has 6 nitrogen and oxygen atoms in total. The third-order valence-electron chi connectivity index (χ3n) is 10.4. The quantitative estimate of drug-likeness (QED) is 0.485. The van der Waals surface area contributed by atoms with Gasteiger partial charge in [0.15, 0.2) is 11.5 Å². The number of amides is 1. The molecular weight excluding hydrogens is 533 g/mol. The Bertz CT molecular complexity index is 1420. The van der Waals surface area contributed by atoms with Gasteiger partial charge in [-0.05, 0) is 93.3 Å². The Morgan fingerprint density at radius 2 is 2.00 bits per heavy atom. The van der Waals surface area contributed by atoms with Crippen molar-refractivity contribution < 1.29 is 32.9 Å². The van der Waals surface area contributed by atoms with E-state index in [2.05, 4.69) is 4.90 Å². The molecule has 218 valence electrons. The first kappa shape index (κ1) is 26.8. The van der Waals surface area contributed by atoms with Crippen LogP contribution >= 0.6 is 0 Å². The Labute approximate surface area is 237 Å².